The first-order chi connectivity index (χ1) is 17.6. The van der Waals surface area contributed by atoms with Crippen LogP contribution in [-0.2, 0) is 0 Å². The van der Waals surface area contributed by atoms with Gasteiger partial charge in [-0.1, -0.05) is 78.9 Å². The van der Waals surface area contributed by atoms with E-state index in [1.807, 2.05) is 61.5 Å². The second-order valence-electron chi connectivity index (χ2n) is 8.58. The number of allylic oxidation sites excluding steroid dienone is 2. The van der Waals surface area contributed by atoms with Crippen LogP contribution in [0.3, 0.4) is 0 Å². The minimum atomic E-state index is 0.183. The van der Waals surface area contributed by atoms with Crippen molar-refractivity contribution in [3.05, 3.63) is 114 Å². The molecule has 0 unspecified atom stereocenters. The van der Waals surface area contributed by atoms with Crippen LogP contribution in [-0.4, -0.2) is 17.9 Å². The highest BCUT2D eigenvalue weighted by Crippen LogP contribution is 2.37. The van der Waals surface area contributed by atoms with Gasteiger partial charge in [0.25, 0.3) is 0 Å². The van der Waals surface area contributed by atoms with Crippen molar-refractivity contribution >= 4 is 45.4 Å². The second-order valence-corrected chi connectivity index (χ2v) is 8.58. The number of fused-ring (bicyclic) bond motifs is 3. The molecular weight excluding hydrogens is 442 g/mol. The molecule has 4 heteroatoms. The van der Waals surface area contributed by atoms with Crippen molar-refractivity contribution in [1.29, 1.82) is 5.41 Å². The SMILES string of the molecule is CC=NC(=NC(=N)c1ccccc1)c1ccc(-c2cccc3oc4ccc(/C(C)=C/C)cc4c23)cc1. The Morgan fingerprint density at radius 1 is 0.778 bits per heavy atom. The summed E-state index contributed by atoms with van der Waals surface area (Å²) in [7, 11) is 0. The summed E-state index contributed by atoms with van der Waals surface area (Å²) in [5.41, 5.74) is 7.98. The summed E-state index contributed by atoms with van der Waals surface area (Å²) in [4.78, 5) is 8.95. The zero-order valence-corrected chi connectivity index (χ0v) is 20.6. The summed E-state index contributed by atoms with van der Waals surface area (Å²) in [6, 6.07) is 30.2. The zero-order chi connectivity index (χ0) is 25.1. The van der Waals surface area contributed by atoms with E-state index >= 15 is 0 Å². The molecule has 1 heterocycles. The fourth-order valence-electron chi connectivity index (χ4n) is 4.33. The normalized spacial score (nSPS) is 12.6. The van der Waals surface area contributed by atoms with Crippen molar-refractivity contribution in [2.45, 2.75) is 20.8 Å². The van der Waals surface area contributed by atoms with E-state index in [-0.39, 0.29) is 5.84 Å². The number of nitrogens with zero attached hydrogens (tertiary/aromatic N) is 2. The fourth-order valence-corrected chi connectivity index (χ4v) is 4.33. The van der Waals surface area contributed by atoms with Gasteiger partial charge in [-0.15, -0.1) is 0 Å². The Labute approximate surface area is 210 Å². The van der Waals surface area contributed by atoms with E-state index in [4.69, 9.17) is 9.83 Å². The first-order valence-corrected chi connectivity index (χ1v) is 12.0. The third-order valence-corrected chi connectivity index (χ3v) is 6.35. The number of furan rings is 1. The van der Waals surface area contributed by atoms with Crippen LogP contribution in [0, 0.1) is 5.41 Å². The maximum Gasteiger partial charge on any atom is 0.161 e. The predicted octanol–water partition coefficient (Wildman–Crippen LogP) is 8.54. The van der Waals surface area contributed by atoms with E-state index in [1.54, 1.807) is 6.21 Å². The van der Waals surface area contributed by atoms with Gasteiger partial charge >= 0.3 is 0 Å². The second kappa shape index (κ2) is 9.96. The van der Waals surface area contributed by atoms with Crippen molar-refractivity contribution in [2.75, 3.05) is 0 Å². The Morgan fingerprint density at radius 2 is 1.53 bits per heavy atom. The standard InChI is InChI=1S/C32H27N3O/c1-4-21(3)25-18-19-28-27(20-25)30-26(12-9-13-29(30)36-28)22-14-16-24(17-15-22)32(34-5-2)35-31(33)23-10-7-6-8-11-23/h4-20,33H,1-3H3/b21-4+,33-31?,34-5?,35-32?. The van der Waals surface area contributed by atoms with Gasteiger partial charge in [0.1, 0.15) is 11.2 Å². The highest BCUT2D eigenvalue weighted by atomic mass is 16.3. The van der Waals surface area contributed by atoms with E-state index in [0.717, 1.165) is 44.2 Å². The number of amidine groups is 2. The predicted molar refractivity (Wildman–Crippen MR) is 152 cm³/mol. The van der Waals surface area contributed by atoms with E-state index in [2.05, 4.69) is 66.3 Å². The number of nitrogens with one attached hydrogen (secondary N) is 1. The Morgan fingerprint density at radius 3 is 2.25 bits per heavy atom. The maximum absolute atomic E-state index is 8.40. The summed E-state index contributed by atoms with van der Waals surface area (Å²) < 4.78 is 6.18. The molecule has 4 aromatic carbocycles. The zero-order valence-electron chi connectivity index (χ0n) is 20.6. The number of rotatable bonds is 4. The molecule has 36 heavy (non-hydrogen) atoms. The van der Waals surface area contributed by atoms with Gasteiger partial charge in [-0.2, -0.15) is 0 Å². The number of hydrogen-bond donors (Lipinski definition) is 1. The van der Waals surface area contributed by atoms with Crippen LogP contribution in [0.5, 0.6) is 0 Å². The molecule has 0 saturated carbocycles. The van der Waals surface area contributed by atoms with Gasteiger partial charge in [0.2, 0.25) is 0 Å². The van der Waals surface area contributed by atoms with Crippen molar-refractivity contribution in [3.8, 4) is 11.1 Å². The third-order valence-electron chi connectivity index (χ3n) is 6.35. The Kier molecular flexibility index (Phi) is 6.42. The van der Waals surface area contributed by atoms with E-state index < -0.39 is 0 Å². The van der Waals surface area contributed by atoms with Crippen molar-refractivity contribution in [2.24, 2.45) is 9.98 Å². The molecule has 0 bridgehead atoms. The minimum Gasteiger partial charge on any atom is -0.456 e. The molecule has 1 N–H and O–H groups in total. The summed E-state index contributed by atoms with van der Waals surface area (Å²) in [5.74, 6) is 0.693. The molecule has 4 nitrogen and oxygen atoms in total. The summed E-state index contributed by atoms with van der Waals surface area (Å²) in [5, 5.41) is 10.6. The molecule has 0 aliphatic rings. The molecule has 5 aromatic rings. The van der Waals surface area contributed by atoms with Gasteiger partial charge in [-0.3, -0.25) is 5.41 Å². The third kappa shape index (κ3) is 4.41. The topological polar surface area (TPSA) is 61.7 Å². The molecule has 0 aliphatic heterocycles. The lowest BCUT2D eigenvalue weighted by Gasteiger charge is -2.07. The monoisotopic (exact) mass is 469 g/mol. The van der Waals surface area contributed by atoms with Crippen LogP contribution < -0.4 is 0 Å². The molecule has 0 saturated heterocycles. The highest BCUT2D eigenvalue weighted by Gasteiger charge is 2.14. The van der Waals surface area contributed by atoms with E-state index in [9.17, 15) is 0 Å². The van der Waals surface area contributed by atoms with Crippen LogP contribution in [0.4, 0.5) is 0 Å². The van der Waals surface area contributed by atoms with Gasteiger partial charge in [0.05, 0.1) is 0 Å². The lowest BCUT2D eigenvalue weighted by atomic mass is 9.97. The smallest absolute Gasteiger partial charge is 0.161 e. The summed E-state index contributed by atoms with van der Waals surface area (Å²) >= 11 is 0. The average Bonchev–Trinajstić information content (AvgIpc) is 3.31. The molecule has 176 valence electrons. The molecule has 0 radical (unpaired) electrons. The van der Waals surface area contributed by atoms with E-state index in [1.165, 1.54) is 11.1 Å². The Bertz CT molecular complexity index is 1650. The van der Waals surface area contributed by atoms with Crippen LogP contribution in [0.2, 0.25) is 0 Å². The number of benzene rings is 4. The van der Waals surface area contributed by atoms with Crippen molar-refractivity contribution in [3.63, 3.8) is 0 Å². The Hall–Kier alpha value is -4.57. The first kappa shape index (κ1) is 23.2. The lowest BCUT2D eigenvalue weighted by molar-refractivity contribution is 0.669. The van der Waals surface area contributed by atoms with Gasteiger partial charge in [0, 0.05) is 28.1 Å². The van der Waals surface area contributed by atoms with Crippen LogP contribution in [0.15, 0.2) is 111 Å². The molecule has 0 aliphatic carbocycles. The molecular formula is C32H27N3O. The fraction of sp³-hybridized carbons (Fsp3) is 0.0938. The highest BCUT2D eigenvalue weighted by molar-refractivity contribution is 6.14. The van der Waals surface area contributed by atoms with Crippen LogP contribution in [0.1, 0.15) is 37.5 Å². The summed E-state index contributed by atoms with van der Waals surface area (Å²) in [6.45, 7) is 6.03. The van der Waals surface area contributed by atoms with Gasteiger partial charge in [-0.05, 0) is 61.2 Å². The van der Waals surface area contributed by atoms with Crippen LogP contribution in [0.25, 0.3) is 38.6 Å². The van der Waals surface area contributed by atoms with Gasteiger partial charge in [0.15, 0.2) is 11.7 Å². The molecule has 5 rings (SSSR count). The minimum absolute atomic E-state index is 0.183. The average molecular weight is 470 g/mol. The van der Waals surface area contributed by atoms with Crippen molar-refractivity contribution in [1.82, 2.24) is 0 Å². The number of hydrogen-bond acceptors (Lipinski definition) is 2. The van der Waals surface area contributed by atoms with Gasteiger partial charge < -0.3 is 4.42 Å². The molecule has 0 spiro atoms. The molecule has 0 fully saturated rings. The first-order valence-electron chi connectivity index (χ1n) is 12.0. The van der Waals surface area contributed by atoms with Gasteiger partial charge in [-0.25, -0.2) is 9.98 Å². The summed E-state index contributed by atoms with van der Waals surface area (Å²) in [6.07, 6.45) is 3.83. The van der Waals surface area contributed by atoms with Crippen LogP contribution >= 0.6 is 0 Å². The van der Waals surface area contributed by atoms with E-state index in [0.29, 0.717) is 5.84 Å². The quantitative estimate of drug-likeness (QED) is 0.208. The maximum atomic E-state index is 8.40. The molecule has 1 aromatic heterocycles. The number of aliphatic imine (C=N–C) groups is 2. The largest absolute Gasteiger partial charge is 0.456 e. The Balaban J connectivity index is 1.57. The molecule has 0 amide bonds. The van der Waals surface area contributed by atoms with Crippen molar-refractivity contribution < 1.29 is 4.42 Å². The molecule has 0 atom stereocenters. The lowest BCUT2D eigenvalue weighted by Crippen LogP contribution is -2.04.